The van der Waals surface area contributed by atoms with Gasteiger partial charge in [0, 0.05) is 36.9 Å². The van der Waals surface area contributed by atoms with Crippen LogP contribution in [0.15, 0.2) is 42.5 Å². The zero-order valence-corrected chi connectivity index (χ0v) is 20.3. The van der Waals surface area contributed by atoms with Gasteiger partial charge in [-0.05, 0) is 56.5 Å². The first-order valence-electron chi connectivity index (χ1n) is 12.1. The number of ether oxygens (including phenoxy) is 3. The highest BCUT2D eigenvalue weighted by molar-refractivity contribution is 5.92. The van der Waals surface area contributed by atoms with Gasteiger partial charge in [0.1, 0.15) is 0 Å². The summed E-state index contributed by atoms with van der Waals surface area (Å²) in [6, 6.07) is 12.4. The molecule has 0 aromatic heterocycles. The number of nitrogens with zero attached hydrogens (tertiary/aromatic N) is 1. The Hall–Kier alpha value is -3.14. The van der Waals surface area contributed by atoms with Crippen LogP contribution in [-0.2, 0) is 20.7 Å². The van der Waals surface area contributed by atoms with Gasteiger partial charge < -0.3 is 24.4 Å². The van der Waals surface area contributed by atoms with Crippen LogP contribution in [0.5, 0.6) is 11.5 Å². The van der Waals surface area contributed by atoms with Gasteiger partial charge in [-0.2, -0.15) is 5.48 Å². The van der Waals surface area contributed by atoms with Crippen molar-refractivity contribution in [3.05, 3.63) is 48.0 Å². The second-order valence-corrected chi connectivity index (χ2v) is 8.54. The Morgan fingerprint density at radius 3 is 2.43 bits per heavy atom. The van der Waals surface area contributed by atoms with Crippen molar-refractivity contribution in [2.45, 2.75) is 38.5 Å². The first-order chi connectivity index (χ1) is 17.1. The van der Waals surface area contributed by atoms with E-state index in [2.05, 4.69) is 15.0 Å². The number of anilines is 1. The molecular formula is C26H36N3O6+. The Labute approximate surface area is 206 Å². The highest BCUT2D eigenvalue weighted by atomic mass is 16.5. The van der Waals surface area contributed by atoms with Crippen molar-refractivity contribution in [2.24, 2.45) is 0 Å². The van der Waals surface area contributed by atoms with Crippen LogP contribution in [0, 0.1) is 0 Å². The number of carbonyl (C=O) groups excluding carboxylic acids is 2. The Morgan fingerprint density at radius 1 is 1.00 bits per heavy atom. The largest absolute Gasteiger partial charge is 0.490 e. The Bertz CT molecular complexity index is 945. The molecule has 0 radical (unpaired) electrons. The van der Waals surface area contributed by atoms with Gasteiger partial charge in [0.05, 0.1) is 26.7 Å². The number of esters is 1. The molecule has 0 atom stereocenters. The summed E-state index contributed by atoms with van der Waals surface area (Å²) in [7, 11) is 1.36. The molecule has 9 heteroatoms. The predicted molar refractivity (Wildman–Crippen MR) is 131 cm³/mol. The van der Waals surface area contributed by atoms with E-state index in [-0.39, 0.29) is 24.7 Å². The van der Waals surface area contributed by atoms with Crippen LogP contribution in [0.4, 0.5) is 11.4 Å². The average molecular weight is 487 g/mol. The van der Waals surface area contributed by atoms with Gasteiger partial charge in [0.15, 0.2) is 17.2 Å². The lowest BCUT2D eigenvalue weighted by atomic mass is 10.1. The maximum Gasteiger partial charge on any atom is 0.305 e. The van der Waals surface area contributed by atoms with Gasteiger partial charge >= 0.3 is 5.97 Å². The van der Waals surface area contributed by atoms with Gasteiger partial charge in [0.2, 0.25) is 5.91 Å². The normalized spacial score (nSPS) is 13.4. The van der Waals surface area contributed by atoms with Crippen LogP contribution >= 0.6 is 0 Å². The van der Waals surface area contributed by atoms with Crippen LogP contribution < -0.4 is 20.3 Å². The molecule has 0 spiro atoms. The van der Waals surface area contributed by atoms with Crippen LogP contribution in [-0.4, -0.2) is 61.9 Å². The van der Waals surface area contributed by atoms with E-state index >= 15 is 0 Å². The molecule has 4 N–H and O–H groups in total. The molecule has 0 aliphatic carbocycles. The fourth-order valence-corrected chi connectivity index (χ4v) is 3.91. The third-order valence-electron chi connectivity index (χ3n) is 5.81. The van der Waals surface area contributed by atoms with Crippen molar-refractivity contribution in [1.82, 2.24) is 4.90 Å². The molecule has 1 amide bonds. The zero-order chi connectivity index (χ0) is 24.9. The van der Waals surface area contributed by atoms with E-state index in [1.165, 1.54) is 20.0 Å². The second-order valence-electron chi connectivity index (χ2n) is 8.54. The molecule has 9 nitrogen and oxygen atoms in total. The summed E-state index contributed by atoms with van der Waals surface area (Å²) in [5.41, 5.74) is 3.14. The molecule has 2 aromatic carbocycles. The smallest absolute Gasteiger partial charge is 0.305 e. The maximum atomic E-state index is 12.5. The van der Waals surface area contributed by atoms with E-state index in [1.54, 1.807) is 42.5 Å². The first kappa shape index (κ1) is 26.5. The molecule has 35 heavy (non-hydrogen) atoms. The number of methoxy groups -OCH3 is 1. The van der Waals surface area contributed by atoms with Gasteiger partial charge in [-0.15, -0.1) is 0 Å². The maximum absolute atomic E-state index is 12.5. The summed E-state index contributed by atoms with van der Waals surface area (Å²) < 4.78 is 16.6. The molecule has 0 saturated carbocycles. The Balaban J connectivity index is 1.57. The minimum atomic E-state index is -0.280. The summed E-state index contributed by atoms with van der Waals surface area (Å²) in [5.74, 6) is 0.689. The van der Waals surface area contributed by atoms with Crippen LogP contribution in [0.2, 0.25) is 0 Å². The number of nitrogens with one attached hydrogen (secondary N) is 1. The molecule has 1 fully saturated rings. The van der Waals surface area contributed by atoms with E-state index in [4.69, 9.17) is 14.7 Å². The molecule has 3 rings (SSSR count). The van der Waals surface area contributed by atoms with Crippen molar-refractivity contribution in [1.29, 1.82) is 0 Å². The van der Waals surface area contributed by atoms with Gasteiger partial charge in [0.25, 0.3) is 0 Å². The fourth-order valence-electron chi connectivity index (χ4n) is 3.91. The van der Waals surface area contributed by atoms with Crippen molar-refractivity contribution in [3.8, 4) is 11.5 Å². The number of rotatable bonds is 14. The third-order valence-corrected chi connectivity index (χ3v) is 5.81. The van der Waals surface area contributed by atoms with E-state index in [0.29, 0.717) is 42.5 Å². The molecule has 1 heterocycles. The van der Waals surface area contributed by atoms with Gasteiger partial charge in [-0.3, -0.25) is 9.59 Å². The van der Waals surface area contributed by atoms with Gasteiger partial charge in [-0.1, -0.05) is 12.1 Å². The highest BCUT2D eigenvalue weighted by Crippen LogP contribution is 2.31. The van der Waals surface area contributed by atoms with E-state index in [1.807, 2.05) is 0 Å². The summed E-state index contributed by atoms with van der Waals surface area (Å²) in [6.07, 6.45) is 4.45. The van der Waals surface area contributed by atoms with Gasteiger partial charge in [-0.25, -0.2) is 5.21 Å². The fraction of sp³-hybridized carbons (Fsp3) is 0.462. The Kier molecular flexibility index (Phi) is 10.8. The number of quaternary nitrogens is 1. The van der Waals surface area contributed by atoms with E-state index in [0.717, 1.165) is 37.1 Å². The summed E-state index contributed by atoms with van der Waals surface area (Å²) in [5, 5.41) is 11.9. The molecule has 0 unspecified atom stereocenters. The lowest BCUT2D eigenvalue weighted by molar-refractivity contribution is -0.825. The monoisotopic (exact) mass is 486 g/mol. The quantitative estimate of drug-likeness (QED) is 0.163. The number of hydrogen-bond donors (Lipinski definition) is 3. The summed E-state index contributed by atoms with van der Waals surface area (Å²) in [4.78, 5) is 26.4. The van der Waals surface area contributed by atoms with Crippen molar-refractivity contribution >= 4 is 23.3 Å². The molecule has 1 aliphatic rings. The van der Waals surface area contributed by atoms with Crippen LogP contribution in [0.25, 0.3) is 0 Å². The molecule has 190 valence electrons. The average Bonchev–Trinajstić information content (AvgIpc) is 3.39. The van der Waals surface area contributed by atoms with Crippen LogP contribution in [0.3, 0.4) is 0 Å². The number of carbonyl (C=O) groups is 2. The first-order valence-corrected chi connectivity index (χ1v) is 12.1. The lowest BCUT2D eigenvalue weighted by Crippen LogP contribution is -2.73. The molecular weight excluding hydrogens is 450 g/mol. The lowest BCUT2D eigenvalue weighted by Gasteiger charge is -2.17. The topological polar surface area (TPSA) is 114 Å². The molecule has 1 saturated heterocycles. The summed E-state index contributed by atoms with van der Waals surface area (Å²) in [6.45, 7) is 4.23. The predicted octanol–water partition coefficient (Wildman–Crippen LogP) is 2.65. The molecule has 2 aromatic rings. The summed E-state index contributed by atoms with van der Waals surface area (Å²) >= 11 is 0. The number of nitrogens with two attached hydrogens (primary N) is 1. The SMILES string of the molecule is COC(=O)CCCOc1cc(NC(=O)Cc2ccc([NH2+]O)cc2)ccc1OCCCN1CCCC1. The number of benzene rings is 2. The Morgan fingerprint density at radius 2 is 1.71 bits per heavy atom. The van der Waals surface area contributed by atoms with E-state index in [9.17, 15) is 9.59 Å². The standard InChI is InChI=1S/C26H35N3O6/c1-33-26(31)6-4-16-35-24-19-22(27-25(30)18-20-7-9-21(28-32)10-8-20)11-12-23(24)34-17-5-15-29-13-2-3-14-29/h7-12,19,28,32H,2-6,13-18H2,1H3,(H,27,30)/p+1. The number of hydrogen-bond acceptors (Lipinski definition) is 7. The van der Waals surface area contributed by atoms with Crippen LogP contribution in [0.1, 0.15) is 37.7 Å². The zero-order valence-electron chi connectivity index (χ0n) is 20.3. The van der Waals surface area contributed by atoms with Crippen molar-refractivity contribution in [2.75, 3.05) is 45.3 Å². The third kappa shape index (κ3) is 9.20. The number of amides is 1. The molecule has 0 bridgehead atoms. The number of likely N-dealkylation sites (tertiary alicyclic amines) is 1. The minimum absolute atomic E-state index is 0.165. The highest BCUT2D eigenvalue weighted by Gasteiger charge is 2.13. The van der Waals surface area contributed by atoms with Crippen molar-refractivity contribution < 1.29 is 34.5 Å². The second kappa shape index (κ2) is 14.3. The van der Waals surface area contributed by atoms with Crippen molar-refractivity contribution in [3.63, 3.8) is 0 Å². The van der Waals surface area contributed by atoms with E-state index < -0.39 is 0 Å². The molecule has 1 aliphatic heterocycles. The minimum Gasteiger partial charge on any atom is -0.490 e.